The highest BCUT2D eigenvalue weighted by Gasteiger charge is 2.16. The Kier molecular flexibility index (Phi) is 2.90. The molecule has 0 fully saturated rings. The largest absolute Gasteiger partial charge is 0.490 e. The van der Waals surface area contributed by atoms with Crippen LogP contribution < -0.4 is 5.46 Å². The van der Waals surface area contributed by atoms with Gasteiger partial charge in [0.25, 0.3) is 0 Å². The molecule has 2 rings (SSSR count). The molecule has 0 aliphatic rings. The van der Waals surface area contributed by atoms with E-state index in [9.17, 15) is 5.11 Å². The summed E-state index contributed by atoms with van der Waals surface area (Å²) >= 11 is 0. The summed E-state index contributed by atoms with van der Waals surface area (Å²) < 4.78 is 1.59. The summed E-state index contributed by atoms with van der Waals surface area (Å²) in [7, 11) is -1.54. The second kappa shape index (κ2) is 4.10. The van der Waals surface area contributed by atoms with E-state index in [-0.39, 0.29) is 0 Å². The summed E-state index contributed by atoms with van der Waals surface area (Å²) in [6.45, 7) is 3.73. The minimum atomic E-state index is -1.54. The fourth-order valence-corrected chi connectivity index (χ4v) is 1.60. The molecule has 0 unspecified atom stereocenters. The Morgan fingerprint density at radius 3 is 2.71 bits per heavy atom. The fourth-order valence-electron chi connectivity index (χ4n) is 1.60. The highest BCUT2D eigenvalue weighted by Crippen LogP contribution is 2.11. The van der Waals surface area contributed by atoms with Gasteiger partial charge in [-0.3, -0.25) is 4.68 Å². The van der Waals surface area contributed by atoms with Gasteiger partial charge in [0.05, 0.1) is 12.1 Å². The third kappa shape index (κ3) is 2.82. The van der Waals surface area contributed by atoms with Crippen LogP contribution in [0.2, 0.25) is 0 Å². The lowest BCUT2D eigenvalue weighted by atomic mass is 9.81. The molecule has 6 nitrogen and oxygen atoms in total. The van der Waals surface area contributed by atoms with E-state index in [0.29, 0.717) is 23.0 Å². The van der Waals surface area contributed by atoms with Crippen LogP contribution in [-0.4, -0.2) is 42.6 Å². The quantitative estimate of drug-likeness (QED) is 0.586. The van der Waals surface area contributed by atoms with Crippen LogP contribution in [0.15, 0.2) is 18.5 Å². The van der Waals surface area contributed by atoms with Gasteiger partial charge >= 0.3 is 7.12 Å². The van der Waals surface area contributed by atoms with Crippen molar-refractivity contribution in [1.82, 2.24) is 14.8 Å². The second-order valence-electron chi connectivity index (χ2n) is 4.69. The molecular weight excluding hydrogens is 221 g/mol. The Morgan fingerprint density at radius 1 is 1.41 bits per heavy atom. The van der Waals surface area contributed by atoms with Crippen LogP contribution in [0.5, 0.6) is 0 Å². The molecule has 0 aliphatic heterocycles. The van der Waals surface area contributed by atoms with Crippen LogP contribution in [0.4, 0.5) is 0 Å². The SMILES string of the molecule is CC(C)(O)Cn1cc2cc(B(O)O)cnc2n1. The normalized spacial score (nSPS) is 12.1. The van der Waals surface area contributed by atoms with Crippen LogP contribution in [0.3, 0.4) is 0 Å². The number of rotatable bonds is 3. The molecule has 17 heavy (non-hydrogen) atoms. The zero-order valence-corrected chi connectivity index (χ0v) is 9.70. The first-order chi connectivity index (χ1) is 7.85. The third-order valence-corrected chi connectivity index (χ3v) is 2.27. The topological polar surface area (TPSA) is 91.4 Å². The number of fused-ring (bicyclic) bond motifs is 1. The van der Waals surface area contributed by atoms with Gasteiger partial charge in [-0.2, -0.15) is 5.10 Å². The van der Waals surface area contributed by atoms with Gasteiger partial charge in [0.1, 0.15) is 0 Å². The molecule has 0 spiro atoms. The van der Waals surface area contributed by atoms with Crippen molar-refractivity contribution in [2.45, 2.75) is 26.0 Å². The van der Waals surface area contributed by atoms with Crippen molar-refractivity contribution in [2.75, 3.05) is 0 Å². The minimum absolute atomic E-state index is 0.320. The molecule has 0 aliphatic carbocycles. The van der Waals surface area contributed by atoms with Crippen LogP contribution in [0.1, 0.15) is 13.8 Å². The lowest BCUT2D eigenvalue weighted by Gasteiger charge is -2.16. The Balaban J connectivity index is 2.37. The lowest BCUT2D eigenvalue weighted by Crippen LogP contribution is -2.29. The first-order valence-electron chi connectivity index (χ1n) is 5.27. The molecule has 0 saturated carbocycles. The summed E-state index contributed by atoms with van der Waals surface area (Å²) in [4.78, 5) is 4.02. The molecule has 2 heterocycles. The number of aliphatic hydroxyl groups is 1. The van der Waals surface area contributed by atoms with Gasteiger partial charge in [0.15, 0.2) is 5.65 Å². The van der Waals surface area contributed by atoms with Gasteiger partial charge in [-0.15, -0.1) is 0 Å². The maximum Gasteiger partial charge on any atom is 0.490 e. The number of nitrogens with zero attached hydrogens (tertiary/aromatic N) is 3. The predicted molar refractivity (Wildman–Crippen MR) is 63.7 cm³/mol. The van der Waals surface area contributed by atoms with Gasteiger partial charge in [0.2, 0.25) is 0 Å². The van der Waals surface area contributed by atoms with E-state index in [4.69, 9.17) is 10.0 Å². The van der Waals surface area contributed by atoms with Crippen molar-refractivity contribution in [1.29, 1.82) is 0 Å². The Morgan fingerprint density at radius 2 is 2.12 bits per heavy atom. The van der Waals surface area contributed by atoms with Gasteiger partial charge in [0, 0.05) is 23.2 Å². The van der Waals surface area contributed by atoms with E-state index in [1.807, 2.05) is 0 Å². The van der Waals surface area contributed by atoms with E-state index >= 15 is 0 Å². The average Bonchev–Trinajstić information content (AvgIpc) is 2.54. The molecule has 0 saturated heterocycles. The van der Waals surface area contributed by atoms with E-state index in [1.165, 1.54) is 6.20 Å². The second-order valence-corrected chi connectivity index (χ2v) is 4.69. The van der Waals surface area contributed by atoms with Crippen LogP contribution in [0, 0.1) is 0 Å². The molecule has 7 heteroatoms. The van der Waals surface area contributed by atoms with Crippen molar-refractivity contribution in [3.63, 3.8) is 0 Å². The third-order valence-electron chi connectivity index (χ3n) is 2.27. The molecule has 2 aromatic heterocycles. The predicted octanol–water partition coefficient (Wildman–Crippen LogP) is -1.12. The molecule has 0 aromatic carbocycles. The van der Waals surface area contributed by atoms with E-state index in [0.717, 1.165) is 0 Å². The molecule has 0 radical (unpaired) electrons. The molecular formula is C10H14BN3O3. The van der Waals surface area contributed by atoms with Crippen molar-refractivity contribution >= 4 is 23.6 Å². The molecule has 0 amide bonds. The summed E-state index contributed by atoms with van der Waals surface area (Å²) in [6.07, 6.45) is 3.08. The van der Waals surface area contributed by atoms with Crippen LogP contribution >= 0.6 is 0 Å². The number of aromatic nitrogens is 3. The number of hydrogen-bond acceptors (Lipinski definition) is 5. The average molecular weight is 235 g/mol. The molecule has 90 valence electrons. The van der Waals surface area contributed by atoms with E-state index in [2.05, 4.69) is 10.1 Å². The summed E-state index contributed by atoms with van der Waals surface area (Å²) in [5, 5.41) is 32.6. The molecule has 0 bridgehead atoms. The van der Waals surface area contributed by atoms with Gasteiger partial charge in [-0.05, 0) is 19.9 Å². The number of pyridine rings is 1. The maximum absolute atomic E-state index is 9.68. The lowest BCUT2D eigenvalue weighted by molar-refractivity contribution is 0.0579. The Bertz CT molecular complexity index is 533. The molecule has 2 aromatic rings. The van der Waals surface area contributed by atoms with E-state index < -0.39 is 12.7 Å². The summed E-state index contributed by atoms with van der Waals surface area (Å²) in [5.41, 5.74) is -0.0274. The summed E-state index contributed by atoms with van der Waals surface area (Å²) in [6, 6.07) is 1.61. The van der Waals surface area contributed by atoms with Crippen molar-refractivity contribution in [3.8, 4) is 0 Å². The first-order valence-corrected chi connectivity index (χ1v) is 5.27. The van der Waals surface area contributed by atoms with Crippen LogP contribution in [0.25, 0.3) is 11.0 Å². The van der Waals surface area contributed by atoms with Gasteiger partial charge in [-0.25, -0.2) is 4.98 Å². The van der Waals surface area contributed by atoms with Crippen LogP contribution in [-0.2, 0) is 6.54 Å². The van der Waals surface area contributed by atoms with Gasteiger partial charge < -0.3 is 15.2 Å². The van der Waals surface area contributed by atoms with E-state index in [1.54, 1.807) is 30.8 Å². The zero-order chi connectivity index (χ0) is 12.6. The zero-order valence-electron chi connectivity index (χ0n) is 9.70. The Labute approximate surface area is 98.7 Å². The molecule has 3 N–H and O–H groups in total. The van der Waals surface area contributed by atoms with Gasteiger partial charge in [-0.1, -0.05) is 0 Å². The highest BCUT2D eigenvalue weighted by atomic mass is 16.4. The number of hydrogen-bond donors (Lipinski definition) is 3. The standard InChI is InChI=1S/C10H14BN3O3/c1-10(2,15)6-14-5-7-3-8(11(16)17)4-12-9(7)13-14/h3-5,15-17H,6H2,1-2H3. The fraction of sp³-hybridized carbons (Fsp3) is 0.400. The highest BCUT2D eigenvalue weighted by molar-refractivity contribution is 6.58. The monoisotopic (exact) mass is 235 g/mol. The smallest absolute Gasteiger partial charge is 0.423 e. The molecule has 0 atom stereocenters. The van der Waals surface area contributed by atoms with Crippen molar-refractivity contribution in [3.05, 3.63) is 18.5 Å². The van der Waals surface area contributed by atoms with Crippen molar-refractivity contribution in [2.24, 2.45) is 0 Å². The maximum atomic E-state index is 9.68. The Hall–Kier alpha value is -1.44. The first kappa shape index (κ1) is 12.0. The van der Waals surface area contributed by atoms with Crippen molar-refractivity contribution < 1.29 is 15.2 Å². The summed E-state index contributed by atoms with van der Waals surface area (Å²) in [5.74, 6) is 0. The minimum Gasteiger partial charge on any atom is -0.423 e.